The molecule has 0 amide bonds. The first-order valence-corrected chi connectivity index (χ1v) is 6.68. The lowest BCUT2D eigenvalue weighted by atomic mass is 9.94. The summed E-state index contributed by atoms with van der Waals surface area (Å²) < 4.78 is 5.57. The van der Waals surface area contributed by atoms with Crippen LogP contribution in [0.25, 0.3) is 0 Å². The first kappa shape index (κ1) is 12.9. The molecule has 0 aliphatic rings. The van der Waals surface area contributed by atoms with Gasteiger partial charge >= 0.3 is 0 Å². The van der Waals surface area contributed by atoms with E-state index in [1.165, 1.54) is 5.56 Å². The van der Waals surface area contributed by atoms with Crippen LogP contribution < -0.4 is 5.32 Å². The molecule has 1 N–H and O–H groups in total. The van der Waals surface area contributed by atoms with Crippen LogP contribution in [0.4, 0.5) is 0 Å². The minimum absolute atomic E-state index is 0.460. The molecular formula is C16H21NO. The number of benzene rings is 1. The highest BCUT2D eigenvalue weighted by Gasteiger charge is 2.14. The zero-order valence-corrected chi connectivity index (χ0v) is 10.9. The highest BCUT2D eigenvalue weighted by Crippen LogP contribution is 2.24. The molecule has 0 saturated carbocycles. The van der Waals surface area contributed by atoms with E-state index in [1.807, 2.05) is 6.07 Å². The van der Waals surface area contributed by atoms with Gasteiger partial charge in [0.05, 0.1) is 6.26 Å². The average Bonchev–Trinajstić information content (AvgIpc) is 2.93. The van der Waals surface area contributed by atoms with Crippen LogP contribution in [0.15, 0.2) is 53.1 Å². The highest BCUT2D eigenvalue weighted by molar-refractivity contribution is 5.18. The van der Waals surface area contributed by atoms with Crippen molar-refractivity contribution in [2.75, 3.05) is 13.1 Å². The van der Waals surface area contributed by atoms with Gasteiger partial charge in [-0.05, 0) is 43.6 Å². The van der Waals surface area contributed by atoms with E-state index in [2.05, 4.69) is 48.6 Å². The predicted octanol–water partition coefficient (Wildman–Crippen LogP) is 3.61. The summed E-state index contributed by atoms with van der Waals surface area (Å²) in [4.78, 5) is 0. The molecule has 0 aliphatic carbocycles. The van der Waals surface area contributed by atoms with Crippen molar-refractivity contribution in [3.8, 4) is 0 Å². The summed E-state index contributed by atoms with van der Waals surface area (Å²) in [6.07, 6.45) is 3.91. The van der Waals surface area contributed by atoms with Gasteiger partial charge in [-0.1, -0.05) is 37.3 Å². The quantitative estimate of drug-likeness (QED) is 0.752. The maximum Gasteiger partial charge on any atom is 0.107 e. The zero-order valence-electron chi connectivity index (χ0n) is 10.9. The SMILES string of the molecule is CCNCC[C@H](Cc1ccccc1)c1ccco1. The van der Waals surface area contributed by atoms with Crippen molar-refractivity contribution in [1.82, 2.24) is 5.32 Å². The van der Waals surface area contributed by atoms with E-state index >= 15 is 0 Å². The summed E-state index contributed by atoms with van der Waals surface area (Å²) in [7, 11) is 0. The van der Waals surface area contributed by atoms with E-state index in [4.69, 9.17) is 4.42 Å². The Balaban J connectivity index is 2.01. The van der Waals surface area contributed by atoms with Gasteiger partial charge < -0.3 is 9.73 Å². The molecule has 1 heterocycles. The van der Waals surface area contributed by atoms with Crippen LogP contribution in [-0.4, -0.2) is 13.1 Å². The summed E-state index contributed by atoms with van der Waals surface area (Å²) >= 11 is 0. The van der Waals surface area contributed by atoms with Crippen molar-refractivity contribution >= 4 is 0 Å². The van der Waals surface area contributed by atoms with Crippen molar-refractivity contribution in [3.63, 3.8) is 0 Å². The second-order valence-electron chi connectivity index (χ2n) is 4.54. The Morgan fingerprint density at radius 1 is 1.11 bits per heavy atom. The number of hydrogen-bond acceptors (Lipinski definition) is 2. The van der Waals surface area contributed by atoms with Crippen molar-refractivity contribution < 1.29 is 4.42 Å². The first-order valence-electron chi connectivity index (χ1n) is 6.68. The minimum Gasteiger partial charge on any atom is -0.469 e. The third kappa shape index (κ3) is 3.74. The third-order valence-corrected chi connectivity index (χ3v) is 3.19. The maximum atomic E-state index is 5.57. The average molecular weight is 243 g/mol. The van der Waals surface area contributed by atoms with Crippen LogP contribution in [0.5, 0.6) is 0 Å². The molecule has 2 aromatic rings. The number of furan rings is 1. The van der Waals surface area contributed by atoms with Gasteiger partial charge in [-0.15, -0.1) is 0 Å². The van der Waals surface area contributed by atoms with Gasteiger partial charge in [0, 0.05) is 5.92 Å². The second kappa shape index (κ2) is 7.02. The van der Waals surface area contributed by atoms with Gasteiger partial charge in [-0.25, -0.2) is 0 Å². The Hall–Kier alpha value is -1.54. The molecular weight excluding hydrogens is 222 g/mol. The van der Waals surface area contributed by atoms with Crippen LogP contribution in [0.3, 0.4) is 0 Å². The lowest BCUT2D eigenvalue weighted by Gasteiger charge is -2.15. The second-order valence-corrected chi connectivity index (χ2v) is 4.54. The summed E-state index contributed by atoms with van der Waals surface area (Å²) in [5.74, 6) is 1.55. The minimum atomic E-state index is 0.460. The molecule has 18 heavy (non-hydrogen) atoms. The van der Waals surface area contributed by atoms with Crippen LogP contribution >= 0.6 is 0 Å². The van der Waals surface area contributed by atoms with E-state index in [-0.39, 0.29) is 0 Å². The summed E-state index contributed by atoms with van der Waals surface area (Å²) in [6.45, 7) is 4.20. The molecule has 0 bridgehead atoms. The summed E-state index contributed by atoms with van der Waals surface area (Å²) in [5, 5.41) is 3.38. The van der Waals surface area contributed by atoms with Gasteiger partial charge in [-0.3, -0.25) is 0 Å². The topological polar surface area (TPSA) is 25.2 Å². The van der Waals surface area contributed by atoms with Crippen LogP contribution in [-0.2, 0) is 6.42 Å². The highest BCUT2D eigenvalue weighted by atomic mass is 16.3. The van der Waals surface area contributed by atoms with E-state index < -0.39 is 0 Å². The van der Waals surface area contributed by atoms with Crippen LogP contribution in [0.1, 0.15) is 30.6 Å². The Kier molecular flexibility index (Phi) is 5.03. The lowest BCUT2D eigenvalue weighted by molar-refractivity contribution is 0.437. The van der Waals surface area contributed by atoms with Gasteiger partial charge in [-0.2, -0.15) is 0 Å². The van der Waals surface area contributed by atoms with Crippen molar-refractivity contribution in [1.29, 1.82) is 0 Å². The largest absolute Gasteiger partial charge is 0.469 e. The van der Waals surface area contributed by atoms with Crippen LogP contribution in [0, 0.1) is 0 Å². The molecule has 0 unspecified atom stereocenters. The van der Waals surface area contributed by atoms with E-state index in [0.29, 0.717) is 5.92 Å². The maximum absolute atomic E-state index is 5.57. The number of rotatable bonds is 7. The molecule has 2 rings (SSSR count). The molecule has 96 valence electrons. The fraction of sp³-hybridized carbons (Fsp3) is 0.375. The third-order valence-electron chi connectivity index (χ3n) is 3.19. The molecule has 0 fully saturated rings. The van der Waals surface area contributed by atoms with Gasteiger partial charge in [0.15, 0.2) is 0 Å². The predicted molar refractivity (Wildman–Crippen MR) is 74.8 cm³/mol. The summed E-state index contributed by atoms with van der Waals surface area (Å²) in [6, 6.07) is 14.7. The molecule has 0 aliphatic heterocycles. The molecule has 0 radical (unpaired) electrons. The Morgan fingerprint density at radius 3 is 2.61 bits per heavy atom. The standard InChI is InChI=1S/C16H21NO/c1-2-17-11-10-15(16-9-6-12-18-16)13-14-7-4-3-5-8-14/h3-9,12,15,17H,2,10-11,13H2,1H3/t15-/m1/s1. The van der Waals surface area contributed by atoms with E-state index in [0.717, 1.165) is 31.7 Å². The first-order chi connectivity index (χ1) is 8.90. The molecule has 0 spiro atoms. The van der Waals surface area contributed by atoms with Crippen molar-refractivity contribution in [2.45, 2.75) is 25.7 Å². The number of nitrogens with one attached hydrogen (secondary N) is 1. The molecule has 0 saturated heterocycles. The molecule has 2 heteroatoms. The molecule has 2 nitrogen and oxygen atoms in total. The van der Waals surface area contributed by atoms with Gasteiger partial charge in [0.25, 0.3) is 0 Å². The summed E-state index contributed by atoms with van der Waals surface area (Å²) in [5.41, 5.74) is 1.37. The van der Waals surface area contributed by atoms with E-state index in [1.54, 1.807) is 6.26 Å². The van der Waals surface area contributed by atoms with Gasteiger partial charge in [0.1, 0.15) is 5.76 Å². The molecule has 1 atom stereocenters. The Labute approximate surface area is 109 Å². The Bertz CT molecular complexity index is 422. The van der Waals surface area contributed by atoms with E-state index in [9.17, 15) is 0 Å². The van der Waals surface area contributed by atoms with Crippen LogP contribution in [0.2, 0.25) is 0 Å². The normalized spacial score (nSPS) is 12.5. The molecule has 1 aromatic heterocycles. The zero-order chi connectivity index (χ0) is 12.6. The monoisotopic (exact) mass is 243 g/mol. The lowest BCUT2D eigenvalue weighted by Crippen LogP contribution is -2.17. The Morgan fingerprint density at radius 2 is 1.94 bits per heavy atom. The molecule has 1 aromatic carbocycles. The fourth-order valence-corrected chi connectivity index (χ4v) is 2.22. The van der Waals surface area contributed by atoms with Gasteiger partial charge in [0.2, 0.25) is 0 Å². The smallest absolute Gasteiger partial charge is 0.107 e. The number of hydrogen-bond donors (Lipinski definition) is 1. The fourth-order valence-electron chi connectivity index (χ4n) is 2.22. The van der Waals surface area contributed by atoms with Crippen molar-refractivity contribution in [2.24, 2.45) is 0 Å². The van der Waals surface area contributed by atoms with Crippen molar-refractivity contribution in [3.05, 3.63) is 60.1 Å².